The predicted molar refractivity (Wildman–Crippen MR) is 43.2 cm³/mol. The minimum Gasteiger partial charge on any atom is -0.338 e. The Morgan fingerprint density at radius 2 is 2.00 bits per heavy atom. The van der Waals surface area contributed by atoms with Gasteiger partial charge in [-0.25, -0.2) is 0 Å². The fourth-order valence-electron chi connectivity index (χ4n) is 1.63. The SMILES string of the molecule is O=C1CC(S(=O)(=O)F)CN1C1CC1. The van der Waals surface area contributed by atoms with Crippen LogP contribution in [-0.4, -0.2) is 37.1 Å². The number of carbonyl (C=O) groups excluding carboxylic acids is 1. The lowest BCUT2D eigenvalue weighted by Gasteiger charge is -2.13. The van der Waals surface area contributed by atoms with Crippen LogP contribution in [0.1, 0.15) is 19.3 Å². The van der Waals surface area contributed by atoms with E-state index in [1.54, 1.807) is 0 Å². The number of hydrogen-bond acceptors (Lipinski definition) is 3. The highest BCUT2D eigenvalue weighted by Crippen LogP contribution is 2.32. The van der Waals surface area contributed by atoms with Gasteiger partial charge in [-0.2, -0.15) is 8.42 Å². The number of amides is 1. The second-order valence-electron chi connectivity index (χ2n) is 3.58. The molecular formula is C7H10FNO3S. The zero-order valence-electron chi connectivity index (χ0n) is 6.94. The van der Waals surface area contributed by atoms with Gasteiger partial charge in [0.1, 0.15) is 5.25 Å². The van der Waals surface area contributed by atoms with Crippen molar-refractivity contribution in [2.24, 2.45) is 0 Å². The Kier molecular flexibility index (Phi) is 1.83. The Hall–Kier alpha value is -0.650. The molecular weight excluding hydrogens is 197 g/mol. The van der Waals surface area contributed by atoms with E-state index in [-0.39, 0.29) is 24.9 Å². The Balaban J connectivity index is 2.10. The summed E-state index contributed by atoms with van der Waals surface area (Å²) in [4.78, 5) is 12.7. The van der Waals surface area contributed by atoms with Crippen molar-refractivity contribution in [1.82, 2.24) is 4.90 Å². The van der Waals surface area contributed by atoms with Gasteiger partial charge in [-0.15, -0.1) is 3.89 Å². The minimum absolute atomic E-state index is 0.0440. The summed E-state index contributed by atoms with van der Waals surface area (Å²) in [5.41, 5.74) is 0. The average molecular weight is 207 g/mol. The summed E-state index contributed by atoms with van der Waals surface area (Å²) in [6, 6.07) is 0.180. The molecule has 1 saturated carbocycles. The predicted octanol–water partition coefficient (Wildman–Crippen LogP) is 0.0490. The van der Waals surface area contributed by atoms with Gasteiger partial charge in [0.15, 0.2) is 0 Å². The van der Waals surface area contributed by atoms with E-state index >= 15 is 0 Å². The highest BCUT2D eigenvalue weighted by Gasteiger charge is 2.44. The molecule has 1 saturated heterocycles. The second kappa shape index (κ2) is 2.67. The molecule has 1 heterocycles. The first-order valence-electron chi connectivity index (χ1n) is 4.21. The van der Waals surface area contributed by atoms with Gasteiger partial charge in [0.05, 0.1) is 0 Å². The van der Waals surface area contributed by atoms with Crippen molar-refractivity contribution in [2.75, 3.05) is 6.54 Å². The van der Waals surface area contributed by atoms with Crippen LogP contribution in [-0.2, 0) is 15.0 Å². The number of halogens is 1. The van der Waals surface area contributed by atoms with E-state index in [9.17, 15) is 17.1 Å². The molecule has 2 aliphatic rings. The molecule has 0 spiro atoms. The zero-order valence-corrected chi connectivity index (χ0v) is 7.76. The largest absolute Gasteiger partial charge is 0.338 e. The minimum atomic E-state index is -4.54. The molecule has 1 unspecified atom stereocenters. The molecule has 1 amide bonds. The summed E-state index contributed by atoms with van der Waals surface area (Å²) in [7, 11) is -4.54. The van der Waals surface area contributed by atoms with Crippen LogP contribution in [0, 0.1) is 0 Å². The number of rotatable bonds is 2. The van der Waals surface area contributed by atoms with Crippen LogP contribution in [0.4, 0.5) is 3.89 Å². The van der Waals surface area contributed by atoms with Crippen LogP contribution in [0.25, 0.3) is 0 Å². The van der Waals surface area contributed by atoms with Gasteiger partial charge < -0.3 is 4.90 Å². The number of nitrogens with zero attached hydrogens (tertiary/aromatic N) is 1. The van der Waals surface area contributed by atoms with Crippen LogP contribution in [0.15, 0.2) is 0 Å². The molecule has 0 aromatic carbocycles. The van der Waals surface area contributed by atoms with Gasteiger partial charge in [0, 0.05) is 19.0 Å². The lowest BCUT2D eigenvalue weighted by Crippen LogP contribution is -2.29. The number of carbonyl (C=O) groups is 1. The first kappa shape index (κ1) is 8.93. The highest BCUT2D eigenvalue weighted by atomic mass is 32.3. The Morgan fingerprint density at radius 1 is 1.38 bits per heavy atom. The van der Waals surface area contributed by atoms with Crippen molar-refractivity contribution < 1.29 is 17.1 Å². The highest BCUT2D eigenvalue weighted by molar-refractivity contribution is 7.87. The summed E-state index contributed by atoms with van der Waals surface area (Å²) in [6.07, 6.45) is 1.66. The molecule has 1 aliphatic carbocycles. The van der Waals surface area contributed by atoms with Gasteiger partial charge in [0.25, 0.3) is 0 Å². The zero-order chi connectivity index (χ0) is 9.64. The molecule has 13 heavy (non-hydrogen) atoms. The molecule has 0 radical (unpaired) electrons. The van der Waals surface area contributed by atoms with Crippen LogP contribution in [0.5, 0.6) is 0 Å². The van der Waals surface area contributed by atoms with E-state index in [1.165, 1.54) is 4.90 Å². The van der Waals surface area contributed by atoms with E-state index in [2.05, 4.69) is 0 Å². The van der Waals surface area contributed by atoms with E-state index in [4.69, 9.17) is 0 Å². The molecule has 2 rings (SSSR count). The first-order valence-corrected chi connectivity index (χ1v) is 5.66. The lowest BCUT2D eigenvalue weighted by molar-refractivity contribution is -0.128. The molecule has 0 N–H and O–H groups in total. The molecule has 1 atom stereocenters. The smallest absolute Gasteiger partial charge is 0.307 e. The van der Waals surface area contributed by atoms with Crippen molar-refractivity contribution in [2.45, 2.75) is 30.6 Å². The third kappa shape index (κ3) is 1.67. The van der Waals surface area contributed by atoms with E-state index in [0.717, 1.165) is 12.8 Å². The van der Waals surface area contributed by atoms with Gasteiger partial charge in [0.2, 0.25) is 5.91 Å². The maximum absolute atomic E-state index is 12.5. The summed E-state index contributed by atoms with van der Waals surface area (Å²) in [6.45, 7) is 0.0440. The molecule has 0 aromatic heterocycles. The van der Waals surface area contributed by atoms with Crippen LogP contribution >= 0.6 is 0 Å². The maximum Gasteiger partial charge on any atom is 0.307 e. The number of likely N-dealkylation sites (tertiary alicyclic amines) is 1. The molecule has 0 aromatic rings. The molecule has 2 fully saturated rings. The second-order valence-corrected chi connectivity index (χ2v) is 5.20. The van der Waals surface area contributed by atoms with E-state index < -0.39 is 15.5 Å². The van der Waals surface area contributed by atoms with Crippen molar-refractivity contribution in [3.8, 4) is 0 Å². The lowest BCUT2D eigenvalue weighted by atomic mass is 10.4. The van der Waals surface area contributed by atoms with Crippen molar-refractivity contribution >= 4 is 16.1 Å². The topological polar surface area (TPSA) is 54.5 Å². The molecule has 74 valence electrons. The summed E-state index contributed by atoms with van der Waals surface area (Å²) in [5.74, 6) is -0.228. The van der Waals surface area contributed by atoms with Gasteiger partial charge >= 0.3 is 10.2 Å². The third-order valence-electron chi connectivity index (χ3n) is 2.51. The molecule has 0 bridgehead atoms. The van der Waals surface area contributed by atoms with Gasteiger partial charge in [-0.3, -0.25) is 4.79 Å². The fourth-order valence-corrected chi connectivity index (χ4v) is 2.31. The number of hydrogen-bond donors (Lipinski definition) is 0. The van der Waals surface area contributed by atoms with Crippen molar-refractivity contribution in [3.63, 3.8) is 0 Å². The van der Waals surface area contributed by atoms with Gasteiger partial charge in [-0.1, -0.05) is 0 Å². The monoisotopic (exact) mass is 207 g/mol. The molecule has 4 nitrogen and oxygen atoms in total. The van der Waals surface area contributed by atoms with Crippen LogP contribution in [0.2, 0.25) is 0 Å². The molecule has 1 aliphatic heterocycles. The maximum atomic E-state index is 12.5. The quantitative estimate of drug-likeness (QED) is 0.601. The fraction of sp³-hybridized carbons (Fsp3) is 0.857. The van der Waals surface area contributed by atoms with Gasteiger partial charge in [-0.05, 0) is 12.8 Å². The van der Waals surface area contributed by atoms with Crippen molar-refractivity contribution in [1.29, 1.82) is 0 Å². The Bertz CT molecular complexity index is 336. The summed E-state index contributed by atoms with van der Waals surface area (Å²) >= 11 is 0. The van der Waals surface area contributed by atoms with Crippen molar-refractivity contribution in [3.05, 3.63) is 0 Å². The summed E-state index contributed by atoms with van der Waals surface area (Å²) in [5, 5.41) is -1.12. The average Bonchev–Trinajstić information content (AvgIpc) is 2.73. The third-order valence-corrected chi connectivity index (χ3v) is 3.62. The normalized spacial score (nSPS) is 29.8. The summed E-state index contributed by atoms with van der Waals surface area (Å²) < 4.78 is 33.6. The standard InChI is InChI=1S/C7H10FNO3S/c8-13(11,12)6-3-7(10)9(4-6)5-1-2-5/h5-6H,1-4H2. The van der Waals surface area contributed by atoms with Crippen LogP contribution in [0.3, 0.4) is 0 Å². The van der Waals surface area contributed by atoms with Crippen LogP contribution < -0.4 is 0 Å². The first-order chi connectivity index (χ1) is 5.98. The Labute approximate surface area is 75.9 Å². The van der Waals surface area contributed by atoms with E-state index in [0.29, 0.717) is 0 Å². The molecule has 6 heteroatoms. The van der Waals surface area contributed by atoms with E-state index in [1.807, 2.05) is 0 Å². The Morgan fingerprint density at radius 3 is 2.38 bits per heavy atom.